The number of benzene rings is 1. The van der Waals surface area contributed by atoms with E-state index >= 15 is 0 Å². The van der Waals surface area contributed by atoms with Crippen molar-refractivity contribution in [3.8, 4) is 0 Å². The van der Waals surface area contributed by atoms with Crippen molar-refractivity contribution in [3.05, 3.63) is 30.3 Å². The standard InChI is InChI=1S/C16H18O4S/c1-15-8-13(17)11-7-16(15,18)20-14(19-15)12(11)9-21-10-5-3-2-4-6-10/h2-6,11-12,14,18H,7-9H2,1H3/t11-,12-,14+,15-,16+/m0/s1. The molecule has 5 heteroatoms. The normalized spacial score (nSPS) is 44.3. The van der Waals surface area contributed by atoms with Gasteiger partial charge < -0.3 is 14.6 Å². The van der Waals surface area contributed by atoms with Crippen LogP contribution >= 0.6 is 11.8 Å². The summed E-state index contributed by atoms with van der Waals surface area (Å²) in [5.41, 5.74) is -0.878. The number of aliphatic hydroxyl groups is 1. The smallest absolute Gasteiger partial charge is 0.198 e. The lowest BCUT2D eigenvalue weighted by atomic mass is 9.70. The molecule has 1 saturated carbocycles. The van der Waals surface area contributed by atoms with Crippen molar-refractivity contribution in [2.24, 2.45) is 11.8 Å². The van der Waals surface area contributed by atoms with Gasteiger partial charge in [0, 0.05) is 35.3 Å². The molecule has 3 fully saturated rings. The molecule has 2 saturated heterocycles. The van der Waals surface area contributed by atoms with E-state index in [1.807, 2.05) is 18.2 Å². The summed E-state index contributed by atoms with van der Waals surface area (Å²) in [4.78, 5) is 13.5. The van der Waals surface area contributed by atoms with Crippen LogP contribution in [0, 0.1) is 11.8 Å². The number of carbonyl (C=O) groups is 1. The van der Waals surface area contributed by atoms with Gasteiger partial charge in [-0.3, -0.25) is 4.79 Å². The Balaban J connectivity index is 1.56. The van der Waals surface area contributed by atoms with Gasteiger partial charge in [0.25, 0.3) is 0 Å². The second-order valence-electron chi connectivity index (χ2n) is 6.36. The Morgan fingerprint density at radius 2 is 2.10 bits per heavy atom. The summed E-state index contributed by atoms with van der Waals surface area (Å²) < 4.78 is 11.7. The highest BCUT2D eigenvalue weighted by molar-refractivity contribution is 7.99. The maximum atomic E-state index is 12.4. The molecule has 0 unspecified atom stereocenters. The molecule has 112 valence electrons. The number of ether oxygens (including phenoxy) is 2. The van der Waals surface area contributed by atoms with Crippen LogP contribution in [0.15, 0.2) is 35.2 Å². The number of hydrogen-bond donors (Lipinski definition) is 1. The molecule has 1 aromatic carbocycles. The van der Waals surface area contributed by atoms with E-state index in [0.717, 1.165) is 5.75 Å². The third-order valence-corrected chi connectivity index (χ3v) is 6.14. The second kappa shape index (κ2) is 4.56. The molecule has 0 aromatic heterocycles. The number of thioether (sulfide) groups is 1. The fourth-order valence-electron chi connectivity index (χ4n) is 3.67. The summed E-state index contributed by atoms with van der Waals surface area (Å²) in [7, 11) is 0. The van der Waals surface area contributed by atoms with Crippen LogP contribution in [0.5, 0.6) is 0 Å². The minimum atomic E-state index is -1.29. The molecule has 21 heavy (non-hydrogen) atoms. The zero-order chi connectivity index (χ0) is 14.7. The fraction of sp³-hybridized carbons (Fsp3) is 0.562. The second-order valence-corrected chi connectivity index (χ2v) is 7.45. The molecule has 2 heterocycles. The predicted molar refractivity (Wildman–Crippen MR) is 77.7 cm³/mol. The monoisotopic (exact) mass is 306 g/mol. The Morgan fingerprint density at radius 1 is 1.33 bits per heavy atom. The van der Waals surface area contributed by atoms with Crippen molar-refractivity contribution in [2.75, 3.05) is 5.75 Å². The summed E-state index contributed by atoms with van der Waals surface area (Å²) in [5.74, 6) is -0.471. The lowest BCUT2D eigenvalue weighted by molar-refractivity contribution is -0.266. The maximum absolute atomic E-state index is 12.4. The number of fused-ring (bicyclic) bond motifs is 2. The average molecular weight is 306 g/mol. The number of hydrogen-bond acceptors (Lipinski definition) is 5. The Labute approximate surface area is 127 Å². The quantitative estimate of drug-likeness (QED) is 0.868. The lowest BCUT2D eigenvalue weighted by Crippen LogP contribution is -2.59. The van der Waals surface area contributed by atoms with Gasteiger partial charge in [-0.15, -0.1) is 11.8 Å². The van der Waals surface area contributed by atoms with Gasteiger partial charge in [0.05, 0.1) is 0 Å². The van der Waals surface area contributed by atoms with Crippen molar-refractivity contribution in [3.63, 3.8) is 0 Å². The number of ketones is 1. The minimum Gasteiger partial charge on any atom is -0.363 e. The molecule has 0 amide bonds. The van der Waals surface area contributed by atoms with Crippen molar-refractivity contribution in [1.82, 2.24) is 0 Å². The van der Waals surface area contributed by atoms with Crippen molar-refractivity contribution in [1.29, 1.82) is 0 Å². The molecule has 5 atom stereocenters. The van der Waals surface area contributed by atoms with Crippen molar-refractivity contribution < 1.29 is 19.4 Å². The van der Waals surface area contributed by atoms with Crippen molar-refractivity contribution >= 4 is 17.5 Å². The molecule has 4 rings (SSSR count). The highest BCUT2D eigenvalue weighted by atomic mass is 32.2. The van der Waals surface area contributed by atoms with Crippen LogP contribution in [0.3, 0.4) is 0 Å². The minimum absolute atomic E-state index is 0.00676. The molecular weight excluding hydrogens is 288 g/mol. The van der Waals surface area contributed by atoms with Crippen LogP contribution in [-0.4, -0.2) is 34.3 Å². The van der Waals surface area contributed by atoms with Gasteiger partial charge >= 0.3 is 0 Å². The van der Waals surface area contributed by atoms with E-state index in [9.17, 15) is 9.90 Å². The van der Waals surface area contributed by atoms with E-state index in [0.29, 0.717) is 6.42 Å². The predicted octanol–water partition coefficient (Wildman–Crippen LogP) is 2.21. The van der Waals surface area contributed by atoms with Gasteiger partial charge in [-0.25, -0.2) is 0 Å². The third kappa shape index (κ3) is 1.99. The molecule has 4 nitrogen and oxygen atoms in total. The van der Waals surface area contributed by atoms with Crippen LogP contribution < -0.4 is 0 Å². The van der Waals surface area contributed by atoms with E-state index < -0.39 is 17.7 Å². The van der Waals surface area contributed by atoms with Crippen LogP contribution in [0.2, 0.25) is 0 Å². The zero-order valence-electron chi connectivity index (χ0n) is 11.8. The number of carbonyl (C=O) groups excluding carboxylic acids is 1. The molecule has 0 radical (unpaired) electrons. The molecule has 1 aliphatic carbocycles. The first-order valence-corrected chi connectivity index (χ1v) is 8.28. The van der Waals surface area contributed by atoms with Gasteiger partial charge in [-0.05, 0) is 19.1 Å². The number of Topliss-reactive ketones (excluding diaryl/α,β-unsaturated/α-hetero) is 1. The SMILES string of the molecule is C[C@]12CC(=O)[C@H]3C[C@@]1(O)O[C@@H](O2)[C@H]3CSc1ccccc1. The van der Waals surface area contributed by atoms with Crippen LogP contribution in [0.25, 0.3) is 0 Å². The van der Waals surface area contributed by atoms with Gasteiger partial charge in [0.15, 0.2) is 12.1 Å². The zero-order valence-corrected chi connectivity index (χ0v) is 12.6. The molecule has 3 aliphatic rings. The Hall–Kier alpha value is -0.880. The van der Waals surface area contributed by atoms with E-state index in [1.165, 1.54) is 4.90 Å². The summed E-state index contributed by atoms with van der Waals surface area (Å²) in [6, 6.07) is 10.1. The Bertz CT molecular complexity index is 577. The highest BCUT2D eigenvalue weighted by Gasteiger charge is 2.69. The summed E-state index contributed by atoms with van der Waals surface area (Å²) >= 11 is 1.71. The molecule has 0 spiro atoms. The van der Waals surface area contributed by atoms with Gasteiger partial charge in [-0.2, -0.15) is 0 Å². The van der Waals surface area contributed by atoms with E-state index in [4.69, 9.17) is 9.47 Å². The summed E-state index contributed by atoms with van der Waals surface area (Å²) in [6.07, 6.45) is 0.136. The van der Waals surface area contributed by atoms with E-state index in [1.54, 1.807) is 18.7 Å². The van der Waals surface area contributed by atoms with Gasteiger partial charge in [-0.1, -0.05) is 18.2 Å². The summed E-state index contributed by atoms with van der Waals surface area (Å²) in [6.45, 7) is 1.79. The first-order chi connectivity index (χ1) is 10.0. The third-order valence-electron chi connectivity index (χ3n) is 4.99. The molecule has 1 aromatic rings. The number of rotatable bonds is 3. The molecule has 2 aliphatic heterocycles. The first kappa shape index (κ1) is 13.8. The van der Waals surface area contributed by atoms with E-state index in [-0.39, 0.29) is 24.0 Å². The Kier molecular flexibility index (Phi) is 2.99. The Morgan fingerprint density at radius 3 is 2.86 bits per heavy atom. The fourth-order valence-corrected chi connectivity index (χ4v) is 4.79. The van der Waals surface area contributed by atoms with Crippen molar-refractivity contribution in [2.45, 2.75) is 42.3 Å². The van der Waals surface area contributed by atoms with E-state index in [2.05, 4.69) is 12.1 Å². The highest BCUT2D eigenvalue weighted by Crippen LogP contribution is 2.56. The molecular formula is C16H18O4S. The molecule has 3 bridgehead atoms. The maximum Gasteiger partial charge on any atom is 0.198 e. The van der Waals surface area contributed by atoms with Crippen LogP contribution in [0.1, 0.15) is 19.8 Å². The van der Waals surface area contributed by atoms with Crippen LogP contribution in [0.4, 0.5) is 0 Å². The first-order valence-electron chi connectivity index (χ1n) is 7.29. The topological polar surface area (TPSA) is 55.8 Å². The molecule has 1 N–H and O–H groups in total. The summed E-state index contributed by atoms with van der Waals surface area (Å²) in [5, 5.41) is 10.6. The van der Waals surface area contributed by atoms with Crippen LogP contribution in [-0.2, 0) is 14.3 Å². The average Bonchev–Trinajstić information content (AvgIpc) is 2.61. The lowest BCUT2D eigenvalue weighted by Gasteiger charge is -2.45. The largest absolute Gasteiger partial charge is 0.363 e. The van der Waals surface area contributed by atoms with Gasteiger partial charge in [0.1, 0.15) is 11.4 Å². The van der Waals surface area contributed by atoms with Gasteiger partial charge in [0.2, 0.25) is 0 Å².